The van der Waals surface area contributed by atoms with Gasteiger partial charge in [0, 0.05) is 13.2 Å². The molecule has 10 heteroatoms. The Bertz CT molecular complexity index is 920. The molecule has 2 aromatic rings. The smallest absolute Gasteiger partial charge is 0.261 e. The quantitative estimate of drug-likeness (QED) is 0.615. The van der Waals surface area contributed by atoms with Gasteiger partial charge in [0.25, 0.3) is 15.9 Å². The predicted octanol–water partition coefficient (Wildman–Crippen LogP) is 3.32. The van der Waals surface area contributed by atoms with Crippen LogP contribution in [0.1, 0.15) is 6.92 Å². The largest absolute Gasteiger partial charge is 0.484 e. The second kappa shape index (κ2) is 9.97. The van der Waals surface area contributed by atoms with Crippen LogP contribution in [0.15, 0.2) is 47.4 Å². The molecule has 152 valence electrons. The highest BCUT2D eigenvalue weighted by Crippen LogP contribution is 2.26. The number of benzene rings is 2. The molecule has 0 fully saturated rings. The fraction of sp³-hybridized carbons (Fsp3) is 0.278. The zero-order valence-electron chi connectivity index (χ0n) is 15.2. The summed E-state index contributed by atoms with van der Waals surface area (Å²) >= 11 is 11.7. The van der Waals surface area contributed by atoms with Gasteiger partial charge >= 0.3 is 0 Å². The SMILES string of the molecule is COC[C@@H](C)NC(=O)COc1ccc(S(=O)(=O)Nc2ccc(Cl)c(Cl)c2)cc1. The lowest BCUT2D eigenvalue weighted by atomic mass is 10.3. The van der Waals surface area contributed by atoms with E-state index in [1.54, 1.807) is 7.11 Å². The first-order valence-corrected chi connectivity index (χ1v) is 10.4. The Hall–Kier alpha value is -2.00. The lowest BCUT2D eigenvalue weighted by molar-refractivity contribution is -0.124. The highest BCUT2D eigenvalue weighted by atomic mass is 35.5. The summed E-state index contributed by atoms with van der Waals surface area (Å²) in [4.78, 5) is 11.8. The molecule has 0 aliphatic heterocycles. The minimum atomic E-state index is -3.81. The van der Waals surface area contributed by atoms with Gasteiger partial charge in [-0.05, 0) is 49.4 Å². The number of sulfonamides is 1. The maximum atomic E-state index is 12.5. The van der Waals surface area contributed by atoms with E-state index in [2.05, 4.69) is 10.0 Å². The molecular formula is C18H20Cl2N2O5S. The monoisotopic (exact) mass is 446 g/mol. The number of nitrogens with one attached hydrogen (secondary N) is 2. The van der Waals surface area contributed by atoms with Gasteiger partial charge in [-0.2, -0.15) is 0 Å². The van der Waals surface area contributed by atoms with E-state index in [4.69, 9.17) is 32.7 Å². The minimum absolute atomic E-state index is 0.0316. The summed E-state index contributed by atoms with van der Waals surface area (Å²) in [5, 5.41) is 3.27. The topological polar surface area (TPSA) is 93.7 Å². The van der Waals surface area contributed by atoms with Crippen LogP contribution in [0.5, 0.6) is 5.75 Å². The van der Waals surface area contributed by atoms with Crippen molar-refractivity contribution in [3.05, 3.63) is 52.5 Å². The van der Waals surface area contributed by atoms with Crippen molar-refractivity contribution in [2.24, 2.45) is 0 Å². The molecule has 0 spiro atoms. The Balaban J connectivity index is 1.97. The van der Waals surface area contributed by atoms with Gasteiger partial charge in [0.05, 0.1) is 27.2 Å². The number of methoxy groups -OCH3 is 1. The summed E-state index contributed by atoms with van der Waals surface area (Å²) in [5.74, 6) is 0.0607. The summed E-state index contributed by atoms with van der Waals surface area (Å²) in [6, 6.07) is 9.97. The lowest BCUT2D eigenvalue weighted by Crippen LogP contribution is -2.38. The average Bonchev–Trinajstić information content (AvgIpc) is 2.63. The van der Waals surface area contributed by atoms with Crippen LogP contribution in [0, 0.1) is 0 Å². The second-order valence-corrected chi connectivity index (χ2v) is 8.42. The average molecular weight is 447 g/mol. The van der Waals surface area contributed by atoms with Crippen molar-refractivity contribution in [1.82, 2.24) is 5.32 Å². The van der Waals surface area contributed by atoms with Crippen LogP contribution in [-0.4, -0.2) is 40.7 Å². The Morgan fingerprint density at radius 1 is 1.11 bits per heavy atom. The Morgan fingerprint density at radius 3 is 2.39 bits per heavy atom. The Labute approximate surface area is 174 Å². The first kappa shape index (κ1) is 22.3. The van der Waals surface area contributed by atoms with Gasteiger partial charge in [0.2, 0.25) is 0 Å². The number of carbonyl (C=O) groups excluding carboxylic acids is 1. The summed E-state index contributed by atoms with van der Waals surface area (Å²) in [7, 11) is -2.27. The molecule has 2 aromatic carbocycles. The molecule has 0 aliphatic rings. The normalized spacial score (nSPS) is 12.3. The third kappa shape index (κ3) is 6.56. The number of halogens is 2. The van der Waals surface area contributed by atoms with Crippen molar-refractivity contribution in [3.8, 4) is 5.75 Å². The van der Waals surface area contributed by atoms with Gasteiger partial charge in [-0.15, -0.1) is 0 Å². The van der Waals surface area contributed by atoms with E-state index in [0.29, 0.717) is 17.4 Å². The number of carbonyl (C=O) groups is 1. The molecule has 0 heterocycles. The van der Waals surface area contributed by atoms with Gasteiger partial charge in [-0.3, -0.25) is 9.52 Å². The first-order chi connectivity index (χ1) is 13.2. The number of amides is 1. The third-order valence-electron chi connectivity index (χ3n) is 3.50. The maximum Gasteiger partial charge on any atom is 0.261 e. The van der Waals surface area contributed by atoms with Crippen molar-refractivity contribution in [2.45, 2.75) is 17.9 Å². The minimum Gasteiger partial charge on any atom is -0.484 e. The van der Waals surface area contributed by atoms with Crippen LogP contribution in [0.3, 0.4) is 0 Å². The van der Waals surface area contributed by atoms with E-state index in [1.807, 2.05) is 6.92 Å². The van der Waals surface area contributed by atoms with Crippen LogP contribution < -0.4 is 14.8 Å². The molecule has 0 saturated carbocycles. The first-order valence-electron chi connectivity index (χ1n) is 8.20. The number of hydrogen-bond acceptors (Lipinski definition) is 5. The summed E-state index contributed by atoms with van der Waals surface area (Å²) < 4.78 is 37.6. The van der Waals surface area contributed by atoms with E-state index >= 15 is 0 Å². The van der Waals surface area contributed by atoms with Gasteiger partial charge in [-0.1, -0.05) is 23.2 Å². The highest BCUT2D eigenvalue weighted by Gasteiger charge is 2.15. The summed E-state index contributed by atoms with van der Waals surface area (Å²) in [6.45, 7) is 2.01. The van der Waals surface area contributed by atoms with Crippen molar-refractivity contribution < 1.29 is 22.7 Å². The predicted molar refractivity (Wildman–Crippen MR) is 109 cm³/mol. The van der Waals surface area contributed by atoms with E-state index in [0.717, 1.165) is 0 Å². The summed E-state index contributed by atoms with van der Waals surface area (Å²) in [5.41, 5.74) is 0.288. The van der Waals surface area contributed by atoms with Crippen LogP contribution in [-0.2, 0) is 19.6 Å². The van der Waals surface area contributed by atoms with Crippen molar-refractivity contribution >= 4 is 44.8 Å². The van der Waals surface area contributed by atoms with Gasteiger partial charge in [-0.25, -0.2) is 8.42 Å². The maximum absolute atomic E-state index is 12.5. The lowest BCUT2D eigenvalue weighted by Gasteiger charge is -2.13. The second-order valence-electron chi connectivity index (χ2n) is 5.92. The number of rotatable bonds is 9. The van der Waals surface area contributed by atoms with Gasteiger partial charge in [0.1, 0.15) is 5.75 Å². The Morgan fingerprint density at radius 2 is 1.79 bits per heavy atom. The Kier molecular flexibility index (Phi) is 7.94. The molecular weight excluding hydrogens is 427 g/mol. The van der Waals surface area contributed by atoms with Crippen molar-refractivity contribution in [2.75, 3.05) is 25.0 Å². The van der Waals surface area contributed by atoms with Gasteiger partial charge < -0.3 is 14.8 Å². The molecule has 1 amide bonds. The van der Waals surface area contributed by atoms with E-state index < -0.39 is 10.0 Å². The van der Waals surface area contributed by atoms with E-state index in [1.165, 1.54) is 42.5 Å². The van der Waals surface area contributed by atoms with Crippen LogP contribution in [0.25, 0.3) is 0 Å². The number of ether oxygens (including phenoxy) is 2. The zero-order valence-corrected chi connectivity index (χ0v) is 17.6. The van der Waals surface area contributed by atoms with Crippen molar-refractivity contribution in [3.63, 3.8) is 0 Å². The van der Waals surface area contributed by atoms with Crippen molar-refractivity contribution in [1.29, 1.82) is 0 Å². The summed E-state index contributed by atoms with van der Waals surface area (Å²) in [6.07, 6.45) is 0. The third-order valence-corrected chi connectivity index (χ3v) is 5.64. The molecule has 0 unspecified atom stereocenters. The molecule has 0 radical (unpaired) electrons. The zero-order chi connectivity index (χ0) is 20.7. The molecule has 0 bridgehead atoms. The van der Waals surface area contributed by atoms with E-state index in [-0.39, 0.29) is 34.2 Å². The standard InChI is InChI=1S/C18H20Cl2N2O5S/c1-12(10-26-2)21-18(23)11-27-14-4-6-15(7-5-14)28(24,25)22-13-3-8-16(19)17(20)9-13/h3-9,12,22H,10-11H2,1-2H3,(H,21,23)/t12-/m1/s1. The molecule has 0 aliphatic carbocycles. The van der Waals surface area contributed by atoms with Crippen LogP contribution >= 0.6 is 23.2 Å². The molecule has 7 nitrogen and oxygen atoms in total. The number of anilines is 1. The molecule has 2 rings (SSSR count). The van der Waals surface area contributed by atoms with Crippen LogP contribution in [0.4, 0.5) is 5.69 Å². The van der Waals surface area contributed by atoms with E-state index in [9.17, 15) is 13.2 Å². The fourth-order valence-electron chi connectivity index (χ4n) is 2.25. The molecule has 28 heavy (non-hydrogen) atoms. The highest BCUT2D eigenvalue weighted by molar-refractivity contribution is 7.92. The molecule has 0 saturated heterocycles. The molecule has 1 atom stereocenters. The molecule has 2 N–H and O–H groups in total. The molecule has 0 aromatic heterocycles. The van der Waals surface area contributed by atoms with Gasteiger partial charge in [0.15, 0.2) is 6.61 Å². The number of hydrogen-bond donors (Lipinski definition) is 2. The fourth-order valence-corrected chi connectivity index (χ4v) is 3.59. The van der Waals surface area contributed by atoms with Crippen LogP contribution in [0.2, 0.25) is 10.0 Å².